The second-order valence-electron chi connectivity index (χ2n) is 18.5. The molecule has 8 nitrogen and oxygen atoms in total. The summed E-state index contributed by atoms with van der Waals surface area (Å²) in [5.41, 5.74) is 0. The first-order chi connectivity index (χ1) is 29.0. The van der Waals surface area contributed by atoms with Gasteiger partial charge >= 0.3 is 7.82 Å². The zero-order valence-electron chi connectivity index (χ0n) is 40.2. The Hall–Kier alpha value is -1.28. The van der Waals surface area contributed by atoms with Crippen LogP contribution < -0.4 is 5.32 Å². The Morgan fingerprint density at radius 2 is 1.00 bits per heavy atom. The maximum atomic E-state index is 12.9. The van der Waals surface area contributed by atoms with Gasteiger partial charge in [0.25, 0.3) is 0 Å². The zero-order chi connectivity index (χ0) is 44.3. The van der Waals surface area contributed by atoms with Crippen LogP contribution in [-0.2, 0) is 18.4 Å². The highest BCUT2D eigenvalue weighted by molar-refractivity contribution is 7.47. The number of phosphoric acid groups is 1. The lowest BCUT2D eigenvalue weighted by atomic mass is 10.0. The van der Waals surface area contributed by atoms with Crippen molar-refractivity contribution in [2.24, 2.45) is 0 Å². The molecule has 354 valence electrons. The average molecular weight is 868 g/mol. The van der Waals surface area contributed by atoms with Crippen LogP contribution in [0.4, 0.5) is 0 Å². The van der Waals surface area contributed by atoms with Crippen molar-refractivity contribution in [2.75, 3.05) is 40.9 Å². The van der Waals surface area contributed by atoms with Gasteiger partial charge in [0.1, 0.15) is 13.2 Å². The molecule has 1 amide bonds. The smallest absolute Gasteiger partial charge is 0.391 e. The van der Waals surface area contributed by atoms with Gasteiger partial charge in [-0.1, -0.05) is 217 Å². The normalized spacial score (nSPS) is 14.4. The van der Waals surface area contributed by atoms with Gasteiger partial charge in [0.15, 0.2) is 0 Å². The predicted octanol–water partition coefficient (Wildman–Crippen LogP) is 14.6. The molecule has 3 N–H and O–H groups in total. The van der Waals surface area contributed by atoms with Gasteiger partial charge < -0.3 is 19.8 Å². The van der Waals surface area contributed by atoms with Gasteiger partial charge in [-0.15, -0.1) is 0 Å². The van der Waals surface area contributed by atoms with Crippen LogP contribution in [0.2, 0.25) is 0 Å². The number of aliphatic hydroxyl groups is 1. The van der Waals surface area contributed by atoms with Crippen LogP contribution >= 0.6 is 7.82 Å². The molecule has 3 atom stereocenters. The highest BCUT2D eigenvalue weighted by atomic mass is 31.2. The van der Waals surface area contributed by atoms with Gasteiger partial charge in [-0.2, -0.15) is 0 Å². The fraction of sp³-hybridized carbons (Fsp3) is 0.863. The van der Waals surface area contributed by atoms with Crippen molar-refractivity contribution < 1.29 is 32.9 Å². The zero-order valence-corrected chi connectivity index (χ0v) is 41.1. The molecule has 9 heteroatoms. The summed E-state index contributed by atoms with van der Waals surface area (Å²) in [5, 5.41) is 14.0. The maximum absolute atomic E-state index is 12.9. The van der Waals surface area contributed by atoms with Crippen molar-refractivity contribution in [3.8, 4) is 0 Å². The van der Waals surface area contributed by atoms with E-state index in [9.17, 15) is 19.4 Å². The third kappa shape index (κ3) is 44.8. The summed E-state index contributed by atoms with van der Waals surface area (Å²) >= 11 is 0. The molecule has 0 aliphatic carbocycles. The molecule has 3 unspecified atom stereocenters. The van der Waals surface area contributed by atoms with Gasteiger partial charge in [-0.05, 0) is 44.9 Å². The number of nitrogens with zero attached hydrogens (tertiary/aromatic N) is 1. The maximum Gasteiger partial charge on any atom is 0.472 e. The third-order valence-corrected chi connectivity index (χ3v) is 12.4. The first-order valence-corrected chi connectivity index (χ1v) is 26.8. The molecule has 0 aromatic rings. The molecule has 0 bridgehead atoms. The summed E-state index contributed by atoms with van der Waals surface area (Å²) in [4.78, 5) is 23.2. The van der Waals surface area contributed by atoms with Crippen molar-refractivity contribution in [3.63, 3.8) is 0 Å². The molecule has 0 rings (SSSR count). The molecule has 0 heterocycles. The molecule has 0 aromatic carbocycles. The van der Waals surface area contributed by atoms with E-state index in [0.717, 1.165) is 77.0 Å². The number of rotatable bonds is 46. The number of amides is 1. The molecule has 0 aliphatic heterocycles. The molecule has 0 aliphatic rings. The van der Waals surface area contributed by atoms with Gasteiger partial charge in [0.2, 0.25) is 5.91 Å². The Morgan fingerprint density at radius 3 is 1.47 bits per heavy atom. The summed E-state index contributed by atoms with van der Waals surface area (Å²) in [7, 11) is 1.60. The van der Waals surface area contributed by atoms with Crippen molar-refractivity contribution in [3.05, 3.63) is 36.5 Å². The predicted molar refractivity (Wildman–Crippen MR) is 258 cm³/mol. The summed E-state index contributed by atoms with van der Waals surface area (Å²) in [6, 6.07) is -0.769. The monoisotopic (exact) mass is 868 g/mol. The lowest BCUT2D eigenvalue weighted by molar-refractivity contribution is -0.870. The number of aliphatic hydroxyl groups excluding tert-OH is 1. The number of likely N-dealkylation sites (N-methyl/N-ethyl adjacent to an activating group) is 1. The van der Waals surface area contributed by atoms with E-state index in [1.54, 1.807) is 0 Å². The number of nitrogens with one attached hydrogen (secondary N) is 1. The summed E-state index contributed by atoms with van der Waals surface area (Å²) in [5.74, 6) is -0.160. The number of quaternary nitrogens is 1. The second-order valence-corrected chi connectivity index (χ2v) is 20.0. The van der Waals surface area contributed by atoms with Crippen molar-refractivity contribution in [1.82, 2.24) is 5.32 Å². The summed E-state index contributed by atoms with van der Waals surface area (Å²) in [6.07, 6.45) is 53.3. The standard InChI is InChI=1S/C51H99N2O6P/c1-6-8-10-12-14-16-18-20-22-23-24-25-26-27-28-29-31-32-34-36-38-40-42-44-50(54)49(48-59-60(56,57)58-47-46-53(3,4)5)52-51(55)45-43-41-39-37-35-33-30-21-19-17-15-13-11-9-7-2/h9,11,15,17,21,30,49-50,54H,6-8,10,12-14,16,18-20,22-29,31-48H2,1-5H3,(H-,52,55,56,57)/p+1/b11-9-,17-15-,30-21-. The first-order valence-electron chi connectivity index (χ1n) is 25.4. The number of unbranched alkanes of at least 4 members (excludes halogenated alkanes) is 27. The fourth-order valence-corrected chi connectivity index (χ4v) is 8.15. The lowest BCUT2D eigenvalue weighted by Gasteiger charge is -2.26. The summed E-state index contributed by atoms with van der Waals surface area (Å²) < 4.78 is 23.7. The van der Waals surface area contributed by atoms with Crippen molar-refractivity contribution in [1.29, 1.82) is 0 Å². The number of hydrogen-bond donors (Lipinski definition) is 3. The van der Waals surface area contributed by atoms with Crippen LogP contribution in [0.3, 0.4) is 0 Å². The van der Waals surface area contributed by atoms with Crippen LogP contribution in [0.25, 0.3) is 0 Å². The highest BCUT2D eigenvalue weighted by Gasteiger charge is 2.28. The topological polar surface area (TPSA) is 105 Å². The van der Waals surface area contributed by atoms with Crippen molar-refractivity contribution >= 4 is 13.7 Å². The van der Waals surface area contributed by atoms with Gasteiger partial charge in [-0.25, -0.2) is 4.57 Å². The third-order valence-electron chi connectivity index (χ3n) is 11.4. The Bertz CT molecular complexity index is 1070. The molecule has 0 saturated heterocycles. The largest absolute Gasteiger partial charge is 0.472 e. The molecule has 0 spiro atoms. The fourth-order valence-electron chi connectivity index (χ4n) is 7.41. The van der Waals surface area contributed by atoms with Gasteiger partial charge in [0.05, 0.1) is 39.9 Å². The Balaban J connectivity index is 4.23. The molecule has 60 heavy (non-hydrogen) atoms. The number of carbonyl (C=O) groups excluding carboxylic acids is 1. The Morgan fingerprint density at radius 1 is 0.583 bits per heavy atom. The van der Waals surface area contributed by atoms with E-state index in [0.29, 0.717) is 23.9 Å². The minimum Gasteiger partial charge on any atom is -0.391 e. The molecule has 0 radical (unpaired) electrons. The van der Waals surface area contributed by atoms with Crippen LogP contribution in [0.15, 0.2) is 36.5 Å². The molecule has 0 aromatic heterocycles. The van der Waals surface area contributed by atoms with Gasteiger partial charge in [0, 0.05) is 6.42 Å². The summed E-state index contributed by atoms with van der Waals surface area (Å²) in [6.45, 7) is 4.78. The van der Waals surface area contributed by atoms with Crippen LogP contribution in [0.1, 0.15) is 232 Å². The number of carbonyl (C=O) groups is 1. The van der Waals surface area contributed by atoms with E-state index in [-0.39, 0.29) is 19.1 Å². The quantitative estimate of drug-likeness (QED) is 0.0244. The van der Waals surface area contributed by atoms with E-state index in [4.69, 9.17) is 9.05 Å². The molecular formula is C51H100N2O6P+. The average Bonchev–Trinajstić information content (AvgIpc) is 3.20. The first kappa shape index (κ1) is 58.7. The Labute approximate surface area is 372 Å². The van der Waals surface area contributed by atoms with E-state index in [2.05, 4.69) is 55.6 Å². The van der Waals surface area contributed by atoms with Crippen LogP contribution in [0, 0.1) is 0 Å². The molecule has 0 saturated carbocycles. The minimum atomic E-state index is -4.32. The van der Waals surface area contributed by atoms with Crippen LogP contribution in [-0.4, -0.2) is 73.4 Å². The number of hydrogen-bond acceptors (Lipinski definition) is 5. The minimum absolute atomic E-state index is 0.0706. The lowest BCUT2D eigenvalue weighted by Crippen LogP contribution is -2.46. The molecule has 0 fully saturated rings. The van der Waals surface area contributed by atoms with Crippen LogP contribution in [0.5, 0.6) is 0 Å². The Kier molecular flexibility index (Phi) is 42.1. The number of phosphoric ester groups is 1. The molecular weight excluding hydrogens is 768 g/mol. The van der Waals surface area contributed by atoms with Gasteiger partial charge in [-0.3, -0.25) is 13.8 Å². The van der Waals surface area contributed by atoms with E-state index in [1.165, 1.54) is 128 Å². The second kappa shape index (κ2) is 43.0. The van der Waals surface area contributed by atoms with E-state index < -0.39 is 20.0 Å². The SMILES string of the molecule is CC/C=C\C/C=C\C/C=C\CCCCCCCC(=O)NC(COP(=O)(O)OCC[N+](C)(C)C)C(O)CCCCCCCCCCCCCCCCCCCCCCCCC. The highest BCUT2D eigenvalue weighted by Crippen LogP contribution is 2.43. The van der Waals surface area contributed by atoms with E-state index in [1.807, 2.05) is 21.1 Å². The number of allylic oxidation sites excluding steroid dienone is 6. The van der Waals surface area contributed by atoms with E-state index >= 15 is 0 Å². The van der Waals surface area contributed by atoms with Crippen molar-refractivity contribution in [2.45, 2.75) is 244 Å².